The Labute approximate surface area is 74.2 Å². The van der Waals surface area contributed by atoms with Crippen molar-refractivity contribution >= 4 is 23.2 Å². The number of anilines is 1. The van der Waals surface area contributed by atoms with E-state index < -0.39 is 0 Å². The van der Waals surface area contributed by atoms with Gasteiger partial charge in [0, 0.05) is 7.05 Å². The van der Waals surface area contributed by atoms with Crippen LogP contribution in [-0.2, 0) is 0 Å². The number of halogens is 1. The van der Waals surface area contributed by atoms with Gasteiger partial charge in [-0.25, -0.2) is 0 Å². The Kier molecular flexibility index (Phi) is 1.62. The van der Waals surface area contributed by atoms with Crippen LogP contribution in [-0.4, -0.2) is 21.6 Å². The molecule has 0 amide bonds. The van der Waals surface area contributed by atoms with Gasteiger partial charge in [-0.15, -0.1) is 10.2 Å². The zero-order valence-corrected chi connectivity index (χ0v) is 7.21. The molecule has 2 aromatic rings. The molecule has 0 bridgehead atoms. The normalized spacial score (nSPS) is 10.5. The monoisotopic (exact) mass is 182 g/mol. The average Bonchev–Trinajstić information content (AvgIpc) is 2.49. The maximum Gasteiger partial charge on any atom is 0.230 e. The summed E-state index contributed by atoms with van der Waals surface area (Å²) >= 11 is 5.93. The Morgan fingerprint density at radius 2 is 2.25 bits per heavy atom. The summed E-state index contributed by atoms with van der Waals surface area (Å²) in [7, 11) is 1.78. The highest BCUT2D eigenvalue weighted by Crippen LogP contribution is 2.15. The van der Waals surface area contributed by atoms with Crippen LogP contribution in [0.3, 0.4) is 0 Å². The average molecular weight is 183 g/mol. The molecule has 0 radical (unpaired) electrons. The predicted octanol–water partition coefficient (Wildman–Crippen LogP) is 1.42. The van der Waals surface area contributed by atoms with Crippen molar-refractivity contribution in [3.05, 3.63) is 23.4 Å². The lowest BCUT2D eigenvalue weighted by atomic mass is 10.5. The van der Waals surface area contributed by atoms with Crippen LogP contribution >= 0.6 is 11.6 Å². The first kappa shape index (κ1) is 7.36. The maximum absolute atomic E-state index is 5.93. The number of fused-ring (bicyclic) bond motifs is 1. The first-order chi connectivity index (χ1) is 5.83. The molecule has 0 aliphatic rings. The van der Waals surface area contributed by atoms with Crippen LogP contribution in [0.5, 0.6) is 0 Å². The van der Waals surface area contributed by atoms with E-state index >= 15 is 0 Å². The molecule has 0 atom stereocenters. The van der Waals surface area contributed by atoms with E-state index in [1.165, 1.54) is 0 Å². The molecule has 0 saturated carbocycles. The topological polar surface area (TPSA) is 42.2 Å². The molecule has 0 aliphatic heterocycles. The molecule has 4 nitrogen and oxygen atoms in total. The standard InChI is InChI=1S/C7H7ClN4/c1-9-7-11-10-6-4-2-3-5(8)12(6)7/h2-4H,1H3,(H,9,11). The third-order valence-corrected chi connectivity index (χ3v) is 1.90. The highest BCUT2D eigenvalue weighted by molar-refractivity contribution is 6.29. The molecule has 0 spiro atoms. The van der Waals surface area contributed by atoms with Crippen LogP contribution in [0.25, 0.3) is 5.65 Å². The van der Waals surface area contributed by atoms with Gasteiger partial charge in [0.1, 0.15) is 5.15 Å². The number of hydrogen-bond donors (Lipinski definition) is 1. The van der Waals surface area contributed by atoms with Gasteiger partial charge >= 0.3 is 0 Å². The van der Waals surface area contributed by atoms with Gasteiger partial charge in [-0.1, -0.05) is 17.7 Å². The summed E-state index contributed by atoms with van der Waals surface area (Å²) in [6.07, 6.45) is 0. The smallest absolute Gasteiger partial charge is 0.230 e. The van der Waals surface area contributed by atoms with E-state index in [0.29, 0.717) is 11.1 Å². The van der Waals surface area contributed by atoms with Crippen molar-refractivity contribution in [1.29, 1.82) is 0 Å². The molecule has 5 heteroatoms. The lowest BCUT2D eigenvalue weighted by molar-refractivity contribution is 1.10. The molecule has 0 aromatic carbocycles. The molecule has 2 aromatic heterocycles. The molecule has 2 rings (SSSR count). The maximum atomic E-state index is 5.93. The second-order valence-corrected chi connectivity index (χ2v) is 2.70. The van der Waals surface area contributed by atoms with Crippen LogP contribution in [0.4, 0.5) is 5.95 Å². The number of rotatable bonds is 1. The quantitative estimate of drug-likeness (QED) is 0.679. The number of pyridine rings is 1. The molecule has 2 heterocycles. The minimum Gasteiger partial charge on any atom is -0.357 e. The predicted molar refractivity (Wildman–Crippen MR) is 47.5 cm³/mol. The van der Waals surface area contributed by atoms with Gasteiger partial charge in [-0.2, -0.15) is 0 Å². The number of nitrogens with one attached hydrogen (secondary N) is 1. The van der Waals surface area contributed by atoms with E-state index in [2.05, 4.69) is 15.5 Å². The van der Waals surface area contributed by atoms with Crippen LogP contribution in [0, 0.1) is 0 Å². The fourth-order valence-corrected chi connectivity index (χ4v) is 1.30. The Balaban J connectivity index is 2.83. The van der Waals surface area contributed by atoms with Crippen molar-refractivity contribution in [2.45, 2.75) is 0 Å². The Hall–Kier alpha value is -1.29. The van der Waals surface area contributed by atoms with E-state index in [0.717, 1.165) is 5.65 Å². The molecular formula is C7H7ClN4. The molecular weight excluding hydrogens is 176 g/mol. The zero-order valence-electron chi connectivity index (χ0n) is 6.45. The highest BCUT2D eigenvalue weighted by atomic mass is 35.5. The van der Waals surface area contributed by atoms with Gasteiger partial charge in [-0.3, -0.25) is 4.40 Å². The van der Waals surface area contributed by atoms with Crippen LogP contribution in [0.15, 0.2) is 18.2 Å². The number of aromatic nitrogens is 3. The van der Waals surface area contributed by atoms with Crippen molar-refractivity contribution in [3.8, 4) is 0 Å². The summed E-state index contributed by atoms with van der Waals surface area (Å²) < 4.78 is 1.74. The van der Waals surface area contributed by atoms with Gasteiger partial charge in [0.25, 0.3) is 0 Å². The van der Waals surface area contributed by atoms with E-state index in [-0.39, 0.29) is 0 Å². The zero-order chi connectivity index (χ0) is 8.55. The summed E-state index contributed by atoms with van der Waals surface area (Å²) in [5.41, 5.74) is 0.742. The lowest BCUT2D eigenvalue weighted by Crippen LogP contribution is -1.96. The largest absolute Gasteiger partial charge is 0.357 e. The van der Waals surface area contributed by atoms with Crippen molar-refractivity contribution in [2.75, 3.05) is 12.4 Å². The minimum atomic E-state index is 0.599. The minimum absolute atomic E-state index is 0.599. The summed E-state index contributed by atoms with van der Waals surface area (Å²) in [6, 6.07) is 5.48. The van der Waals surface area contributed by atoms with Gasteiger partial charge in [0.15, 0.2) is 5.65 Å². The van der Waals surface area contributed by atoms with Crippen molar-refractivity contribution in [3.63, 3.8) is 0 Å². The van der Waals surface area contributed by atoms with Gasteiger partial charge in [0.05, 0.1) is 0 Å². The van der Waals surface area contributed by atoms with E-state index in [4.69, 9.17) is 11.6 Å². The van der Waals surface area contributed by atoms with Gasteiger partial charge < -0.3 is 5.32 Å². The number of hydrogen-bond acceptors (Lipinski definition) is 3. The SMILES string of the molecule is CNc1nnc2cccc(Cl)n12. The highest BCUT2D eigenvalue weighted by Gasteiger charge is 2.04. The second kappa shape index (κ2) is 2.64. The second-order valence-electron chi connectivity index (χ2n) is 2.32. The molecule has 62 valence electrons. The Morgan fingerprint density at radius 3 is 3.00 bits per heavy atom. The fraction of sp³-hybridized carbons (Fsp3) is 0.143. The summed E-state index contributed by atoms with van der Waals surface area (Å²) in [4.78, 5) is 0. The van der Waals surface area contributed by atoms with Crippen LogP contribution in [0.1, 0.15) is 0 Å². The summed E-state index contributed by atoms with van der Waals surface area (Å²) in [5, 5.41) is 11.3. The first-order valence-electron chi connectivity index (χ1n) is 3.50. The van der Waals surface area contributed by atoms with Gasteiger partial charge in [-0.05, 0) is 12.1 Å². The van der Waals surface area contributed by atoms with Crippen molar-refractivity contribution in [1.82, 2.24) is 14.6 Å². The van der Waals surface area contributed by atoms with E-state index in [1.807, 2.05) is 12.1 Å². The van der Waals surface area contributed by atoms with Crippen molar-refractivity contribution in [2.24, 2.45) is 0 Å². The third-order valence-electron chi connectivity index (χ3n) is 1.60. The van der Waals surface area contributed by atoms with E-state index in [9.17, 15) is 0 Å². The molecule has 12 heavy (non-hydrogen) atoms. The van der Waals surface area contributed by atoms with Gasteiger partial charge in [0.2, 0.25) is 5.95 Å². The van der Waals surface area contributed by atoms with Crippen LogP contribution in [0.2, 0.25) is 5.15 Å². The van der Waals surface area contributed by atoms with E-state index in [1.54, 1.807) is 17.5 Å². The molecule has 0 saturated heterocycles. The molecule has 1 N–H and O–H groups in total. The summed E-state index contributed by atoms with van der Waals surface area (Å²) in [6.45, 7) is 0. The number of nitrogens with zero attached hydrogens (tertiary/aromatic N) is 3. The van der Waals surface area contributed by atoms with Crippen molar-refractivity contribution < 1.29 is 0 Å². The fourth-order valence-electron chi connectivity index (χ4n) is 1.06. The first-order valence-corrected chi connectivity index (χ1v) is 3.88. The Bertz CT molecular complexity index is 409. The van der Waals surface area contributed by atoms with Crippen LogP contribution < -0.4 is 5.32 Å². The molecule has 0 unspecified atom stereocenters. The third kappa shape index (κ3) is 0.921. The summed E-state index contributed by atoms with van der Waals surface area (Å²) in [5.74, 6) is 0.649. The molecule has 0 fully saturated rings. The lowest BCUT2D eigenvalue weighted by Gasteiger charge is -1.98. The molecule has 0 aliphatic carbocycles. The Morgan fingerprint density at radius 1 is 1.42 bits per heavy atom.